The highest BCUT2D eigenvalue weighted by Crippen LogP contribution is 2.11. The van der Waals surface area contributed by atoms with Crippen LogP contribution in [-0.4, -0.2) is 23.3 Å². The second-order valence-electron chi connectivity index (χ2n) is 6.58. The van der Waals surface area contributed by atoms with Gasteiger partial charge in [-0.25, -0.2) is 4.98 Å². The normalized spacial score (nSPS) is 10.3. The number of rotatable bonds is 7. The van der Waals surface area contributed by atoms with Gasteiger partial charge >= 0.3 is 0 Å². The molecule has 0 aliphatic rings. The molecule has 1 heterocycles. The SMILES string of the molecule is Cc1cccc(NC(=O)c2cccc(C(=O)NCCCc3ccccc3)n2)c1. The summed E-state index contributed by atoms with van der Waals surface area (Å²) in [5.74, 6) is -0.623. The fraction of sp³-hybridized carbons (Fsp3) is 0.174. The van der Waals surface area contributed by atoms with E-state index < -0.39 is 0 Å². The quantitative estimate of drug-likeness (QED) is 0.615. The van der Waals surface area contributed by atoms with Crippen LogP contribution in [-0.2, 0) is 6.42 Å². The molecule has 0 spiro atoms. The van der Waals surface area contributed by atoms with E-state index in [4.69, 9.17) is 0 Å². The van der Waals surface area contributed by atoms with E-state index in [0.717, 1.165) is 18.4 Å². The van der Waals surface area contributed by atoms with Crippen LogP contribution in [0.15, 0.2) is 72.8 Å². The van der Waals surface area contributed by atoms with Gasteiger partial charge in [0.1, 0.15) is 11.4 Å². The lowest BCUT2D eigenvalue weighted by Crippen LogP contribution is -2.26. The highest BCUT2D eigenvalue weighted by molar-refractivity contribution is 6.03. The van der Waals surface area contributed by atoms with E-state index >= 15 is 0 Å². The molecule has 0 fully saturated rings. The van der Waals surface area contributed by atoms with Crippen molar-refractivity contribution in [1.29, 1.82) is 0 Å². The maximum atomic E-state index is 12.4. The van der Waals surface area contributed by atoms with Gasteiger partial charge in [0.15, 0.2) is 0 Å². The number of aryl methyl sites for hydroxylation is 2. The molecule has 5 heteroatoms. The van der Waals surface area contributed by atoms with Crippen molar-refractivity contribution in [3.05, 3.63) is 95.3 Å². The Morgan fingerprint density at radius 1 is 0.857 bits per heavy atom. The first-order chi connectivity index (χ1) is 13.6. The molecular formula is C23H23N3O2. The molecule has 0 saturated carbocycles. The fourth-order valence-electron chi connectivity index (χ4n) is 2.84. The Kier molecular flexibility index (Phi) is 6.52. The molecule has 1 aromatic heterocycles. The van der Waals surface area contributed by atoms with Crippen LogP contribution >= 0.6 is 0 Å². The van der Waals surface area contributed by atoms with Gasteiger partial charge in [0.25, 0.3) is 11.8 Å². The minimum absolute atomic E-state index is 0.207. The van der Waals surface area contributed by atoms with Gasteiger partial charge in [-0.15, -0.1) is 0 Å². The fourth-order valence-corrected chi connectivity index (χ4v) is 2.84. The van der Waals surface area contributed by atoms with E-state index in [1.54, 1.807) is 18.2 Å². The zero-order valence-electron chi connectivity index (χ0n) is 15.8. The van der Waals surface area contributed by atoms with Crippen LogP contribution in [0, 0.1) is 6.92 Å². The zero-order chi connectivity index (χ0) is 19.8. The summed E-state index contributed by atoms with van der Waals surface area (Å²) in [6.45, 7) is 2.51. The number of pyridine rings is 1. The summed E-state index contributed by atoms with van der Waals surface area (Å²) in [5.41, 5.74) is 3.43. The zero-order valence-corrected chi connectivity index (χ0v) is 15.8. The maximum absolute atomic E-state index is 12.4. The first-order valence-corrected chi connectivity index (χ1v) is 9.29. The number of hydrogen-bond acceptors (Lipinski definition) is 3. The van der Waals surface area contributed by atoms with Crippen molar-refractivity contribution >= 4 is 17.5 Å². The van der Waals surface area contributed by atoms with Crippen molar-refractivity contribution in [3.8, 4) is 0 Å². The first kappa shape index (κ1) is 19.3. The highest BCUT2D eigenvalue weighted by atomic mass is 16.2. The summed E-state index contributed by atoms with van der Waals surface area (Å²) in [5, 5.41) is 5.66. The molecule has 0 bridgehead atoms. The Bertz CT molecular complexity index is 955. The topological polar surface area (TPSA) is 71.1 Å². The van der Waals surface area contributed by atoms with Crippen LogP contribution in [0.3, 0.4) is 0 Å². The summed E-state index contributed by atoms with van der Waals surface area (Å²) in [6, 6.07) is 22.5. The number of amides is 2. The van der Waals surface area contributed by atoms with E-state index in [-0.39, 0.29) is 23.2 Å². The molecule has 142 valence electrons. The Morgan fingerprint density at radius 3 is 2.32 bits per heavy atom. The van der Waals surface area contributed by atoms with Gasteiger partial charge in [-0.1, -0.05) is 48.5 Å². The average molecular weight is 373 g/mol. The second-order valence-corrected chi connectivity index (χ2v) is 6.58. The molecule has 3 rings (SSSR count). The lowest BCUT2D eigenvalue weighted by molar-refractivity contribution is 0.0948. The monoisotopic (exact) mass is 373 g/mol. The van der Waals surface area contributed by atoms with Crippen LogP contribution in [0.25, 0.3) is 0 Å². The van der Waals surface area contributed by atoms with Crippen molar-refractivity contribution in [1.82, 2.24) is 10.3 Å². The van der Waals surface area contributed by atoms with Crippen molar-refractivity contribution < 1.29 is 9.59 Å². The van der Waals surface area contributed by atoms with Gasteiger partial charge in [-0.05, 0) is 55.2 Å². The summed E-state index contributed by atoms with van der Waals surface area (Å²) in [6.07, 6.45) is 1.73. The first-order valence-electron chi connectivity index (χ1n) is 9.29. The molecule has 0 saturated heterocycles. The third kappa shape index (κ3) is 5.51. The van der Waals surface area contributed by atoms with Crippen molar-refractivity contribution in [3.63, 3.8) is 0 Å². The van der Waals surface area contributed by atoms with E-state index in [0.29, 0.717) is 12.2 Å². The largest absolute Gasteiger partial charge is 0.351 e. The summed E-state index contributed by atoms with van der Waals surface area (Å²) >= 11 is 0. The third-order valence-electron chi connectivity index (χ3n) is 4.26. The van der Waals surface area contributed by atoms with Crippen LogP contribution in [0.2, 0.25) is 0 Å². The smallest absolute Gasteiger partial charge is 0.274 e. The van der Waals surface area contributed by atoms with E-state index in [2.05, 4.69) is 27.8 Å². The molecular weight excluding hydrogens is 350 g/mol. The van der Waals surface area contributed by atoms with E-state index in [1.165, 1.54) is 5.56 Å². The number of aromatic nitrogens is 1. The molecule has 5 nitrogen and oxygen atoms in total. The lowest BCUT2D eigenvalue weighted by Gasteiger charge is -2.08. The minimum atomic E-state index is -0.343. The number of hydrogen-bond donors (Lipinski definition) is 2. The van der Waals surface area contributed by atoms with Gasteiger partial charge in [0, 0.05) is 12.2 Å². The molecule has 0 atom stereocenters. The van der Waals surface area contributed by atoms with Gasteiger partial charge in [0.05, 0.1) is 0 Å². The summed E-state index contributed by atoms with van der Waals surface area (Å²) in [4.78, 5) is 28.9. The average Bonchev–Trinajstić information content (AvgIpc) is 2.72. The van der Waals surface area contributed by atoms with E-state index in [9.17, 15) is 9.59 Å². The van der Waals surface area contributed by atoms with Gasteiger partial charge in [-0.2, -0.15) is 0 Å². The van der Waals surface area contributed by atoms with E-state index in [1.807, 2.05) is 49.4 Å². The number of benzene rings is 2. The van der Waals surface area contributed by atoms with Crippen LogP contribution < -0.4 is 10.6 Å². The second kappa shape index (κ2) is 9.46. The maximum Gasteiger partial charge on any atom is 0.274 e. The Hall–Kier alpha value is -3.47. The van der Waals surface area contributed by atoms with Crippen molar-refractivity contribution in [2.24, 2.45) is 0 Å². The van der Waals surface area contributed by atoms with Gasteiger partial charge in [-0.3, -0.25) is 9.59 Å². The molecule has 2 N–H and O–H groups in total. The van der Waals surface area contributed by atoms with Crippen LogP contribution in [0.4, 0.5) is 5.69 Å². The molecule has 0 radical (unpaired) electrons. The van der Waals surface area contributed by atoms with Crippen molar-refractivity contribution in [2.75, 3.05) is 11.9 Å². The molecule has 0 aliphatic heterocycles. The van der Waals surface area contributed by atoms with Gasteiger partial charge < -0.3 is 10.6 Å². The predicted octanol–water partition coefficient (Wildman–Crippen LogP) is 4.00. The highest BCUT2D eigenvalue weighted by Gasteiger charge is 2.12. The predicted molar refractivity (Wildman–Crippen MR) is 110 cm³/mol. The molecule has 28 heavy (non-hydrogen) atoms. The van der Waals surface area contributed by atoms with Crippen LogP contribution in [0.1, 0.15) is 38.5 Å². The summed E-state index contributed by atoms with van der Waals surface area (Å²) < 4.78 is 0. The molecule has 2 amide bonds. The third-order valence-corrected chi connectivity index (χ3v) is 4.26. The number of carbonyl (C=O) groups excluding carboxylic acids is 2. The van der Waals surface area contributed by atoms with Gasteiger partial charge in [0.2, 0.25) is 0 Å². The summed E-state index contributed by atoms with van der Waals surface area (Å²) in [7, 11) is 0. The molecule has 0 unspecified atom stereocenters. The number of nitrogens with one attached hydrogen (secondary N) is 2. The minimum Gasteiger partial charge on any atom is -0.351 e. The Balaban J connectivity index is 1.54. The molecule has 2 aromatic carbocycles. The standard InChI is InChI=1S/C23H23N3O2/c1-17-8-5-12-19(16-17)25-23(28)21-14-6-13-20(26-21)22(27)24-15-7-11-18-9-3-2-4-10-18/h2-6,8-10,12-14,16H,7,11,15H2,1H3,(H,24,27)(H,25,28). The number of carbonyl (C=O) groups is 2. The Morgan fingerprint density at radius 2 is 1.57 bits per heavy atom. The van der Waals surface area contributed by atoms with Crippen LogP contribution in [0.5, 0.6) is 0 Å². The lowest BCUT2D eigenvalue weighted by atomic mass is 10.1. The number of nitrogens with zero attached hydrogens (tertiary/aromatic N) is 1. The molecule has 0 aliphatic carbocycles. The number of anilines is 1. The Labute approximate surface area is 164 Å². The van der Waals surface area contributed by atoms with Crippen molar-refractivity contribution in [2.45, 2.75) is 19.8 Å². The molecule has 3 aromatic rings.